The highest BCUT2D eigenvalue weighted by atomic mass is 32.1. The van der Waals surface area contributed by atoms with Crippen LogP contribution in [0.4, 0.5) is 4.39 Å². The minimum absolute atomic E-state index is 0.000570. The van der Waals surface area contributed by atoms with Gasteiger partial charge in [-0.3, -0.25) is 0 Å². The summed E-state index contributed by atoms with van der Waals surface area (Å²) in [6, 6.07) is 9.57. The van der Waals surface area contributed by atoms with Crippen LogP contribution in [0.5, 0.6) is 0 Å². The molecule has 8 nitrogen and oxygen atoms in total. The van der Waals surface area contributed by atoms with E-state index in [0.29, 0.717) is 11.5 Å². The Kier molecular flexibility index (Phi) is 4.96. The van der Waals surface area contributed by atoms with E-state index in [1.807, 2.05) is 24.3 Å². The van der Waals surface area contributed by atoms with Gasteiger partial charge in [-0.15, -0.1) is 0 Å². The summed E-state index contributed by atoms with van der Waals surface area (Å²) in [6.45, 7) is 0.0160. The number of thiazole rings is 1. The van der Waals surface area contributed by atoms with E-state index in [1.54, 1.807) is 12.3 Å². The first-order valence-electron chi connectivity index (χ1n) is 8.29. The van der Waals surface area contributed by atoms with Crippen LogP contribution in [0.2, 0.25) is 0 Å². The summed E-state index contributed by atoms with van der Waals surface area (Å²) >= 11 is 1.35. The SMILES string of the molecule is NC/C(=C\F)Cn1ncn(-c2ncc(-c3ccc(-c4ccon4)cc3)s2)c1=O. The zero-order valence-corrected chi connectivity index (χ0v) is 15.3. The average Bonchev–Trinajstić information content (AvgIpc) is 3.48. The van der Waals surface area contributed by atoms with Crippen LogP contribution in [-0.4, -0.2) is 31.0 Å². The van der Waals surface area contributed by atoms with Crippen LogP contribution in [0.1, 0.15) is 0 Å². The van der Waals surface area contributed by atoms with Crippen molar-refractivity contribution in [3.63, 3.8) is 0 Å². The van der Waals surface area contributed by atoms with Gasteiger partial charge in [0, 0.05) is 24.4 Å². The lowest BCUT2D eigenvalue weighted by molar-refractivity contribution is 0.422. The van der Waals surface area contributed by atoms with Gasteiger partial charge in [0.1, 0.15) is 18.3 Å². The van der Waals surface area contributed by atoms with E-state index in [1.165, 1.54) is 28.5 Å². The van der Waals surface area contributed by atoms with Crippen LogP contribution < -0.4 is 11.4 Å². The van der Waals surface area contributed by atoms with E-state index in [4.69, 9.17) is 10.3 Å². The highest BCUT2D eigenvalue weighted by molar-refractivity contribution is 7.17. The summed E-state index contributed by atoms with van der Waals surface area (Å²) in [6.07, 6.45) is 4.98. The van der Waals surface area contributed by atoms with Gasteiger partial charge in [0.05, 0.1) is 17.8 Å². The molecule has 0 spiro atoms. The van der Waals surface area contributed by atoms with Crippen LogP contribution in [0.3, 0.4) is 0 Å². The van der Waals surface area contributed by atoms with Crippen LogP contribution in [-0.2, 0) is 6.54 Å². The fourth-order valence-electron chi connectivity index (χ4n) is 2.59. The first-order chi connectivity index (χ1) is 13.7. The lowest BCUT2D eigenvalue weighted by Gasteiger charge is -2.00. The van der Waals surface area contributed by atoms with Gasteiger partial charge < -0.3 is 10.3 Å². The topological polar surface area (TPSA) is 105 Å². The van der Waals surface area contributed by atoms with E-state index in [2.05, 4.69) is 15.2 Å². The van der Waals surface area contributed by atoms with Crippen molar-refractivity contribution in [2.75, 3.05) is 6.54 Å². The largest absolute Gasteiger partial charge is 0.364 e. The number of nitrogens with two attached hydrogens (primary N) is 1. The van der Waals surface area contributed by atoms with Gasteiger partial charge in [0.2, 0.25) is 0 Å². The summed E-state index contributed by atoms with van der Waals surface area (Å²) < 4.78 is 20.0. The van der Waals surface area contributed by atoms with Crippen molar-refractivity contribution < 1.29 is 8.91 Å². The molecule has 1 aromatic carbocycles. The predicted octanol–water partition coefficient (Wildman–Crippen LogP) is 2.62. The molecule has 0 aliphatic heterocycles. The Bertz CT molecular complexity index is 1160. The van der Waals surface area contributed by atoms with Crippen LogP contribution in [0, 0.1) is 0 Å². The number of benzene rings is 1. The van der Waals surface area contributed by atoms with Crippen molar-refractivity contribution in [1.29, 1.82) is 0 Å². The highest BCUT2D eigenvalue weighted by Gasteiger charge is 2.13. The molecule has 0 bridgehead atoms. The predicted molar refractivity (Wildman–Crippen MR) is 103 cm³/mol. The monoisotopic (exact) mass is 398 g/mol. The summed E-state index contributed by atoms with van der Waals surface area (Å²) in [7, 11) is 0. The van der Waals surface area contributed by atoms with Gasteiger partial charge >= 0.3 is 5.69 Å². The summed E-state index contributed by atoms with van der Waals surface area (Å²) in [5.74, 6) is 0. The number of hydrogen-bond acceptors (Lipinski definition) is 7. The van der Waals surface area contributed by atoms with E-state index in [9.17, 15) is 9.18 Å². The van der Waals surface area contributed by atoms with Crippen molar-refractivity contribution >= 4 is 11.3 Å². The van der Waals surface area contributed by atoms with Crippen molar-refractivity contribution in [2.45, 2.75) is 6.54 Å². The van der Waals surface area contributed by atoms with Gasteiger partial charge in [-0.25, -0.2) is 23.4 Å². The third-order valence-electron chi connectivity index (χ3n) is 4.11. The third kappa shape index (κ3) is 3.42. The second kappa shape index (κ2) is 7.71. The second-order valence-corrected chi connectivity index (χ2v) is 6.89. The van der Waals surface area contributed by atoms with Gasteiger partial charge in [-0.1, -0.05) is 40.8 Å². The summed E-state index contributed by atoms with van der Waals surface area (Å²) in [5.41, 5.74) is 7.96. The van der Waals surface area contributed by atoms with Crippen LogP contribution >= 0.6 is 11.3 Å². The van der Waals surface area contributed by atoms with Gasteiger partial charge in [-0.05, 0) is 11.1 Å². The molecule has 3 heterocycles. The Balaban J connectivity index is 1.58. The number of aromatic nitrogens is 5. The quantitative estimate of drug-likeness (QED) is 0.535. The van der Waals surface area contributed by atoms with Crippen LogP contribution in [0.25, 0.3) is 26.8 Å². The molecule has 0 fully saturated rings. The number of halogens is 1. The first kappa shape index (κ1) is 18.0. The molecular formula is C18H15FN6O2S. The van der Waals surface area contributed by atoms with E-state index < -0.39 is 5.69 Å². The molecular weight excluding hydrogens is 383 g/mol. The van der Waals surface area contributed by atoms with E-state index in [-0.39, 0.29) is 18.7 Å². The number of rotatable bonds is 6. The zero-order chi connectivity index (χ0) is 19.5. The second-order valence-electron chi connectivity index (χ2n) is 5.88. The summed E-state index contributed by atoms with van der Waals surface area (Å²) in [5, 5.41) is 8.39. The highest BCUT2D eigenvalue weighted by Crippen LogP contribution is 2.29. The molecule has 0 aliphatic carbocycles. The summed E-state index contributed by atoms with van der Waals surface area (Å²) in [4.78, 5) is 17.7. The molecule has 0 aliphatic rings. The fourth-order valence-corrected chi connectivity index (χ4v) is 3.47. The molecule has 4 aromatic rings. The number of nitrogens with zero attached hydrogens (tertiary/aromatic N) is 5. The molecule has 0 saturated heterocycles. The van der Waals surface area contributed by atoms with Gasteiger partial charge in [0.25, 0.3) is 0 Å². The maximum atomic E-state index is 12.7. The zero-order valence-electron chi connectivity index (χ0n) is 14.5. The maximum Gasteiger partial charge on any atom is 0.352 e. The lowest BCUT2D eigenvalue weighted by Crippen LogP contribution is -2.25. The Morgan fingerprint density at radius 2 is 2.04 bits per heavy atom. The Morgan fingerprint density at radius 3 is 2.71 bits per heavy atom. The molecule has 4 rings (SSSR count). The Morgan fingerprint density at radius 1 is 1.25 bits per heavy atom. The molecule has 0 amide bonds. The molecule has 0 radical (unpaired) electrons. The third-order valence-corrected chi connectivity index (χ3v) is 5.15. The molecule has 10 heteroatoms. The molecule has 0 unspecified atom stereocenters. The Hall–Kier alpha value is -3.37. The van der Waals surface area contributed by atoms with Gasteiger partial charge in [-0.2, -0.15) is 5.10 Å². The maximum absolute atomic E-state index is 12.7. The smallest absolute Gasteiger partial charge is 0.352 e. The average molecular weight is 398 g/mol. The van der Waals surface area contributed by atoms with Gasteiger partial charge in [0.15, 0.2) is 5.13 Å². The minimum Gasteiger partial charge on any atom is -0.364 e. The molecule has 2 N–H and O–H groups in total. The van der Waals surface area contributed by atoms with Crippen molar-refractivity contribution in [3.05, 3.63) is 71.5 Å². The van der Waals surface area contributed by atoms with E-state index in [0.717, 1.165) is 26.4 Å². The molecule has 28 heavy (non-hydrogen) atoms. The molecule has 0 saturated carbocycles. The standard InChI is InChI=1S/C18H15FN6O2S/c19-7-12(8-20)10-25-18(26)24(11-22-25)17-21-9-16(28-17)14-3-1-13(2-4-14)15-5-6-27-23-15/h1-7,9,11H,8,10,20H2/b12-7+. The minimum atomic E-state index is -0.407. The normalized spacial score (nSPS) is 11.9. The number of hydrogen-bond donors (Lipinski definition) is 1. The van der Waals surface area contributed by atoms with Crippen molar-refractivity contribution in [3.8, 4) is 26.8 Å². The van der Waals surface area contributed by atoms with Crippen molar-refractivity contribution in [1.82, 2.24) is 24.5 Å². The Labute approximate surface area is 162 Å². The van der Waals surface area contributed by atoms with Crippen LogP contribution in [0.15, 0.2) is 70.3 Å². The lowest BCUT2D eigenvalue weighted by atomic mass is 10.1. The van der Waals surface area contributed by atoms with E-state index >= 15 is 0 Å². The fraction of sp³-hybridized carbons (Fsp3) is 0.111. The molecule has 0 atom stereocenters. The van der Waals surface area contributed by atoms with Crippen molar-refractivity contribution in [2.24, 2.45) is 5.73 Å². The molecule has 3 aromatic heterocycles. The molecule has 142 valence electrons. The first-order valence-corrected chi connectivity index (χ1v) is 9.11.